The van der Waals surface area contributed by atoms with E-state index in [1.165, 1.54) is 7.05 Å². The molecule has 39 heavy (non-hydrogen) atoms. The van der Waals surface area contributed by atoms with E-state index in [1.54, 1.807) is 43.5 Å². The van der Waals surface area contributed by atoms with Gasteiger partial charge in [0.25, 0.3) is 5.91 Å². The number of likely N-dealkylation sites (N-methyl/N-ethyl adjacent to an activating group) is 1. The van der Waals surface area contributed by atoms with Crippen molar-refractivity contribution in [1.82, 2.24) is 21.3 Å². The van der Waals surface area contributed by atoms with Gasteiger partial charge in [-0.05, 0) is 60.7 Å². The highest BCUT2D eigenvalue weighted by atomic mass is 16.5. The topological polar surface area (TPSA) is 172 Å². The number of aliphatic carboxylic acids is 1. The molecule has 0 fully saturated rings. The van der Waals surface area contributed by atoms with E-state index >= 15 is 0 Å². The largest absolute Gasteiger partial charge is 0.497 e. The second-order valence-corrected chi connectivity index (χ2v) is 9.63. The Kier molecular flexibility index (Phi) is 12.2. The number of anilines is 1. The summed E-state index contributed by atoms with van der Waals surface area (Å²) in [5, 5.41) is 20.8. The molecule has 0 heterocycles. The zero-order chi connectivity index (χ0) is 28.9. The predicted molar refractivity (Wildman–Crippen MR) is 148 cm³/mol. The summed E-state index contributed by atoms with van der Waals surface area (Å²) < 4.78 is 5.17. The normalized spacial score (nSPS) is 13.2. The van der Waals surface area contributed by atoms with Crippen LogP contribution in [0.2, 0.25) is 0 Å². The van der Waals surface area contributed by atoms with Gasteiger partial charge in [0.2, 0.25) is 11.8 Å². The first-order chi connectivity index (χ1) is 18.5. The summed E-state index contributed by atoms with van der Waals surface area (Å²) in [5.74, 6) is -1.63. The lowest BCUT2D eigenvalue weighted by molar-refractivity contribution is -0.140. The van der Waals surface area contributed by atoms with Crippen molar-refractivity contribution in [2.24, 2.45) is 5.92 Å². The summed E-state index contributed by atoms with van der Waals surface area (Å²) in [6, 6.07) is 10.7. The maximum atomic E-state index is 13.3. The van der Waals surface area contributed by atoms with E-state index in [0.29, 0.717) is 23.4 Å². The van der Waals surface area contributed by atoms with E-state index in [2.05, 4.69) is 21.3 Å². The van der Waals surface area contributed by atoms with Crippen molar-refractivity contribution >= 4 is 29.4 Å². The molecule has 2 rings (SSSR count). The third-order valence-corrected chi connectivity index (χ3v) is 6.09. The maximum Gasteiger partial charge on any atom is 0.320 e. The summed E-state index contributed by atoms with van der Waals surface area (Å²) >= 11 is 0. The Morgan fingerprint density at radius 2 is 1.56 bits per heavy atom. The predicted octanol–water partition coefficient (Wildman–Crippen LogP) is 1.33. The van der Waals surface area contributed by atoms with Crippen LogP contribution in [0.3, 0.4) is 0 Å². The molecule has 7 N–H and O–H groups in total. The highest BCUT2D eigenvalue weighted by Gasteiger charge is 2.30. The minimum absolute atomic E-state index is 0.0443. The van der Waals surface area contributed by atoms with E-state index < -0.39 is 30.0 Å². The number of carboxylic acids is 1. The minimum Gasteiger partial charge on any atom is -0.497 e. The van der Waals surface area contributed by atoms with Crippen LogP contribution in [0, 0.1) is 5.92 Å². The summed E-state index contributed by atoms with van der Waals surface area (Å²) in [6.07, 6.45) is 0.627. The second kappa shape index (κ2) is 15.3. The number of nitrogens with two attached hydrogens (primary N) is 1. The Balaban J connectivity index is 2.07. The van der Waals surface area contributed by atoms with Gasteiger partial charge in [0.1, 0.15) is 17.8 Å². The molecule has 212 valence electrons. The molecule has 11 heteroatoms. The van der Waals surface area contributed by atoms with Gasteiger partial charge < -0.3 is 31.5 Å². The Hall–Kier alpha value is -4.12. The first kappa shape index (κ1) is 31.1. The number of nitrogens with one attached hydrogen (secondary N) is 4. The highest BCUT2D eigenvalue weighted by Crippen LogP contribution is 2.14. The number of rotatable bonds is 15. The maximum absolute atomic E-state index is 13.3. The van der Waals surface area contributed by atoms with Crippen molar-refractivity contribution in [3.63, 3.8) is 0 Å². The Morgan fingerprint density at radius 1 is 0.923 bits per heavy atom. The van der Waals surface area contributed by atoms with Crippen LogP contribution in [0.5, 0.6) is 5.75 Å². The smallest absolute Gasteiger partial charge is 0.320 e. The Morgan fingerprint density at radius 3 is 2.10 bits per heavy atom. The van der Waals surface area contributed by atoms with E-state index in [-0.39, 0.29) is 37.1 Å². The molecule has 0 aliphatic carbocycles. The van der Waals surface area contributed by atoms with Crippen molar-refractivity contribution in [3.05, 3.63) is 59.7 Å². The van der Waals surface area contributed by atoms with Gasteiger partial charge in [0.05, 0.1) is 13.2 Å². The van der Waals surface area contributed by atoms with Crippen molar-refractivity contribution in [2.75, 3.05) is 26.4 Å². The second-order valence-electron chi connectivity index (χ2n) is 9.63. The molecule has 0 unspecified atom stereocenters. The number of amides is 3. The fourth-order valence-electron chi connectivity index (χ4n) is 3.96. The van der Waals surface area contributed by atoms with Gasteiger partial charge in [0.15, 0.2) is 0 Å². The molecule has 11 nitrogen and oxygen atoms in total. The fraction of sp³-hybridized carbons (Fsp3) is 0.429. The molecular weight excluding hydrogens is 502 g/mol. The zero-order valence-electron chi connectivity index (χ0n) is 22.8. The first-order valence-corrected chi connectivity index (χ1v) is 12.8. The summed E-state index contributed by atoms with van der Waals surface area (Å²) in [4.78, 5) is 50.2. The van der Waals surface area contributed by atoms with Crippen LogP contribution in [0.25, 0.3) is 0 Å². The highest BCUT2D eigenvalue weighted by molar-refractivity contribution is 5.94. The third-order valence-electron chi connectivity index (χ3n) is 6.09. The lowest BCUT2D eigenvalue weighted by Gasteiger charge is -2.26. The van der Waals surface area contributed by atoms with Gasteiger partial charge in [-0.15, -0.1) is 0 Å². The lowest BCUT2D eigenvalue weighted by Crippen LogP contribution is -2.56. The summed E-state index contributed by atoms with van der Waals surface area (Å²) in [5.41, 5.74) is 7.39. The molecule has 0 aliphatic rings. The first-order valence-electron chi connectivity index (χ1n) is 12.8. The van der Waals surface area contributed by atoms with Crippen molar-refractivity contribution in [2.45, 2.75) is 51.2 Å². The van der Waals surface area contributed by atoms with Crippen LogP contribution in [-0.2, 0) is 20.8 Å². The van der Waals surface area contributed by atoms with Crippen molar-refractivity contribution < 1.29 is 29.0 Å². The molecule has 0 aromatic heterocycles. The van der Waals surface area contributed by atoms with Crippen LogP contribution >= 0.6 is 0 Å². The Labute approximate surface area is 228 Å². The van der Waals surface area contributed by atoms with Gasteiger partial charge in [-0.25, -0.2) is 0 Å². The van der Waals surface area contributed by atoms with E-state index in [1.807, 2.05) is 26.0 Å². The number of benzene rings is 2. The van der Waals surface area contributed by atoms with Gasteiger partial charge in [-0.2, -0.15) is 0 Å². The van der Waals surface area contributed by atoms with Gasteiger partial charge >= 0.3 is 5.97 Å². The molecule has 3 atom stereocenters. The summed E-state index contributed by atoms with van der Waals surface area (Å²) in [7, 11) is 3.04. The SMILES string of the molecule is CNC(=O)[C@H](Cc1ccc(OC)cc1)NC(=O)[C@H](CC(C)C)N[C@H](CCNC(=O)c1ccc(N)cc1)C(=O)O. The number of carboxylic acid groups (broad SMARTS) is 1. The Bertz CT molecular complexity index is 1100. The van der Waals surface area contributed by atoms with Crippen LogP contribution in [0.4, 0.5) is 5.69 Å². The average Bonchev–Trinajstić information content (AvgIpc) is 2.91. The molecule has 0 aliphatic heterocycles. The van der Waals surface area contributed by atoms with Crippen LogP contribution < -0.4 is 31.7 Å². The molecular formula is C28H39N5O6. The number of ether oxygens (including phenoxy) is 1. The van der Waals surface area contributed by atoms with E-state index in [4.69, 9.17) is 10.5 Å². The molecule has 0 saturated heterocycles. The molecule has 2 aromatic rings. The molecule has 0 spiro atoms. The van der Waals surface area contributed by atoms with Gasteiger partial charge in [-0.3, -0.25) is 24.5 Å². The zero-order valence-corrected chi connectivity index (χ0v) is 22.8. The van der Waals surface area contributed by atoms with E-state index in [9.17, 15) is 24.3 Å². The summed E-state index contributed by atoms with van der Waals surface area (Å²) in [6.45, 7) is 3.90. The van der Waals surface area contributed by atoms with Crippen molar-refractivity contribution in [1.29, 1.82) is 0 Å². The molecule has 0 bridgehead atoms. The minimum atomic E-state index is -1.15. The standard InChI is InChI=1S/C28H39N5O6/c1-17(2)15-23(27(36)33-24(26(35)30-3)16-18-5-11-21(39-4)12-6-18)32-22(28(37)38)13-14-31-25(34)19-7-9-20(29)10-8-19/h5-12,17,22-24,32H,13-16,29H2,1-4H3,(H,30,35)(H,31,34)(H,33,36)(H,37,38)/t22-,23+,24+/m1/s1. The number of hydrogen-bond donors (Lipinski definition) is 6. The average molecular weight is 542 g/mol. The monoisotopic (exact) mass is 541 g/mol. The number of methoxy groups -OCH3 is 1. The fourth-order valence-corrected chi connectivity index (χ4v) is 3.96. The number of carbonyl (C=O) groups is 4. The number of nitrogen functional groups attached to an aromatic ring is 1. The number of hydrogen-bond acceptors (Lipinski definition) is 7. The lowest BCUT2D eigenvalue weighted by atomic mass is 10.00. The van der Waals surface area contributed by atoms with Gasteiger partial charge in [0, 0.05) is 31.3 Å². The van der Waals surface area contributed by atoms with Crippen molar-refractivity contribution in [3.8, 4) is 5.75 Å². The molecule has 0 saturated carbocycles. The van der Waals surface area contributed by atoms with E-state index in [0.717, 1.165) is 5.56 Å². The van der Waals surface area contributed by atoms with Gasteiger partial charge in [-0.1, -0.05) is 26.0 Å². The molecule has 0 radical (unpaired) electrons. The van der Waals surface area contributed by atoms with Crippen LogP contribution in [0.15, 0.2) is 48.5 Å². The van der Waals surface area contributed by atoms with Crippen LogP contribution in [0.1, 0.15) is 42.6 Å². The number of carbonyl (C=O) groups excluding carboxylic acids is 3. The van der Waals surface area contributed by atoms with Crippen LogP contribution in [-0.4, -0.2) is 67.6 Å². The third kappa shape index (κ3) is 10.3. The molecule has 2 aromatic carbocycles. The molecule has 3 amide bonds. The quantitative estimate of drug-likeness (QED) is 0.183.